The van der Waals surface area contributed by atoms with E-state index in [4.69, 9.17) is 5.10 Å². The summed E-state index contributed by atoms with van der Waals surface area (Å²) in [5, 5.41) is 8.37. The highest BCUT2D eigenvalue weighted by atomic mass is 15.3. The van der Waals surface area contributed by atoms with Gasteiger partial charge in [0.1, 0.15) is 0 Å². The molecule has 3 nitrogen and oxygen atoms in total. The molecule has 19 heavy (non-hydrogen) atoms. The van der Waals surface area contributed by atoms with Crippen LogP contribution in [0.5, 0.6) is 0 Å². The van der Waals surface area contributed by atoms with Crippen molar-refractivity contribution >= 4 is 0 Å². The summed E-state index contributed by atoms with van der Waals surface area (Å²) in [6.07, 6.45) is 7.49. The number of hydrogen-bond acceptors (Lipinski definition) is 2. The lowest BCUT2D eigenvalue weighted by atomic mass is 10.1. The first-order valence-electron chi connectivity index (χ1n) is 7.95. The molecule has 1 aromatic rings. The molecule has 0 bridgehead atoms. The summed E-state index contributed by atoms with van der Waals surface area (Å²) in [5.74, 6) is 0. The molecule has 0 unspecified atom stereocenters. The van der Waals surface area contributed by atoms with Crippen LogP contribution in [-0.2, 0) is 6.42 Å². The average Bonchev–Trinajstić information content (AvgIpc) is 3.17. The molecule has 0 saturated heterocycles. The van der Waals surface area contributed by atoms with E-state index in [-0.39, 0.29) is 0 Å². The third-order valence-corrected chi connectivity index (χ3v) is 4.38. The van der Waals surface area contributed by atoms with Gasteiger partial charge in [-0.3, -0.25) is 4.68 Å². The molecule has 0 radical (unpaired) electrons. The Morgan fingerprint density at radius 3 is 2.53 bits per heavy atom. The second-order valence-corrected chi connectivity index (χ2v) is 5.90. The van der Waals surface area contributed by atoms with Crippen LogP contribution < -0.4 is 5.32 Å². The van der Waals surface area contributed by atoms with E-state index in [1.165, 1.54) is 49.1 Å². The van der Waals surface area contributed by atoms with Crippen molar-refractivity contribution < 1.29 is 0 Å². The molecule has 0 atom stereocenters. The molecule has 1 saturated carbocycles. The SMILES string of the molecule is CCC(CC)n1nc(C)c(CCCNC2CC2)c1C. The van der Waals surface area contributed by atoms with Gasteiger partial charge in [-0.2, -0.15) is 5.10 Å². The van der Waals surface area contributed by atoms with E-state index in [0.29, 0.717) is 6.04 Å². The molecule has 2 rings (SSSR count). The summed E-state index contributed by atoms with van der Waals surface area (Å²) in [5.41, 5.74) is 4.10. The van der Waals surface area contributed by atoms with E-state index in [9.17, 15) is 0 Å². The van der Waals surface area contributed by atoms with E-state index in [0.717, 1.165) is 19.0 Å². The van der Waals surface area contributed by atoms with Crippen molar-refractivity contribution in [2.45, 2.75) is 78.3 Å². The third kappa shape index (κ3) is 3.59. The maximum absolute atomic E-state index is 4.77. The quantitative estimate of drug-likeness (QED) is 0.727. The van der Waals surface area contributed by atoms with Gasteiger partial charge in [0, 0.05) is 11.7 Å². The summed E-state index contributed by atoms with van der Waals surface area (Å²) in [6, 6.07) is 1.39. The zero-order valence-electron chi connectivity index (χ0n) is 13.0. The smallest absolute Gasteiger partial charge is 0.0628 e. The van der Waals surface area contributed by atoms with E-state index < -0.39 is 0 Å². The number of aryl methyl sites for hydroxylation is 1. The lowest BCUT2D eigenvalue weighted by Crippen LogP contribution is -2.18. The second-order valence-electron chi connectivity index (χ2n) is 5.90. The van der Waals surface area contributed by atoms with Crippen molar-refractivity contribution in [3.63, 3.8) is 0 Å². The fourth-order valence-electron chi connectivity index (χ4n) is 2.91. The molecule has 1 heterocycles. The number of rotatable bonds is 8. The Morgan fingerprint density at radius 1 is 1.26 bits per heavy atom. The van der Waals surface area contributed by atoms with Crippen LogP contribution in [0.3, 0.4) is 0 Å². The predicted molar refractivity (Wildman–Crippen MR) is 80.7 cm³/mol. The Morgan fingerprint density at radius 2 is 1.95 bits per heavy atom. The minimum atomic E-state index is 0.567. The lowest BCUT2D eigenvalue weighted by Gasteiger charge is -2.15. The van der Waals surface area contributed by atoms with Gasteiger partial charge in [-0.15, -0.1) is 0 Å². The number of nitrogens with one attached hydrogen (secondary N) is 1. The number of hydrogen-bond donors (Lipinski definition) is 1. The Kier molecular flexibility index (Phi) is 5.03. The van der Waals surface area contributed by atoms with Crippen molar-refractivity contribution in [2.24, 2.45) is 0 Å². The van der Waals surface area contributed by atoms with Gasteiger partial charge in [-0.05, 0) is 64.5 Å². The minimum Gasteiger partial charge on any atom is -0.314 e. The van der Waals surface area contributed by atoms with E-state index in [1.807, 2.05) is 0 Å². The molecule has 0 aliphatic heterocycles. The van der Waals surface area contributed by atoms with Crippen molar-refractivity contribution in [1.29, 1.82) is 0 Å². The van der Waals surface area contributed by atoms with Crippen LogP contribution in [0.1, 0.15) is 68.9 Å². The molecule has 1 aliphatic carbocycles. The molecule has 108 valence electrons. The molecule has 0 spiro atoms. The van der Waals surface area contributed by atoms with Crippen molar-refractivity contribution in [1.82, 2.24) is 15.1 Å². The average molecular weight is 263 g/mol. The van der Waals surface area contributed by atoms with Crippen LogP contribution in [0.15, 0.2) is 0 Å². The van der Waals surface area contributed by atoms with Gasteiger partial charge in [0.15, 0.2) is 0 Å². The number of aromatic nitrogens is 2. The van der Waals surface area contributed by atoms with Gasteiger partial charge in [0.2, 0.25) is 0 Å². The van der Waals surface area contributed by atoms with Gasteiger partial charge in [0.25, 0.3) is 0 Å². The Bertz CT molecular complexity index is 400. The first-order valence-corrected chi connectivity index (χ1v) is 7.95. The molecule has 1 N–H and O–H groups in total. The summed E-state index contributed by atoms with van der Waals surface area (Å²) < 4.78 is 2.26. The summed E-state index contributed by atoms with van der Waals surface area (Å²) >= 11 is 0. The van der Waals surface area contributed by atoms with Gasteiger partial charge in [-0.25, -0.2) is 0 Å². The molecule has 1 aliphatic rings. The zero-order chi connectivity index (χ0) is 13.8. The van der Waals surface area contributed by atoms with E-state index in [2.05, 4.69) is 37.7 Å². The van der Waals surface area contributed by atoms with Crippen molar-refractivity contribution in [3.8, 4) is 0 Å². The fraction of sp³-hybridized carbons (Fsp3) is 0.812. The molecule has 1 aromatic heterocycles. The summed E-state index contributed by atoms with van der Waals surface area (Å²) in [4.78, 5) is 0. The first kappa shape index (κ1) is 14.6. The minimum absolute atomic E-state index is 0.567. The first-order chi connectivity index (χ1) is 9.17. The van der Waals surface area contributed by atoms with Crippen LogP contribution in [-0.4, -0.2) is 22.4 Å². The van der Waals surface area contributed by atoms with E-state index >= 15 is 0 Å². The Labute approximate surface area is 117 Å². The van der Waals surface area contributed by atoms with Crippen LogP contribution >= 0.6 is 0 Å². The van der Waals surface area contributed by atoms with Crippen LogP contribution in [0.4, 0.5) is 0 Å². The topological polar surface area (TPSA) is 29.9 Å². The maximum atomic E-state index is 4.77. The predicted octanol–water partition coefficient (Wildman–Crippen LogP) is 3.55. The van der Waals surface area contributed by atoms with Crippen molar-refractivity contribution in [2.75, 3.05) is 6.54 Å². The summed E-state index contributed by atoms with van der Waals surface area (Å²) in [6.45, 7) is 10.1. The van der Waals surface area contributed by atoms with E-state index in [1.54, 1.807) is 0 Å². The highest BCUT2D eigenvalue weighted by molar-refractivity contribution is 5.25. The lowest BCUT2D eigenvalue weighted by molar-refractivity contribution is 0.418. The van der Waals surface area contributed by atoms with Crippen molar-refractivity contribution in [3.05, 3.63) is 17.0 Å². The Balaban J connectivity index is 1.94. The van der Waals surface area contributed by atoms with Crippen LogP contribution in [0.2, 0.25) is 0 Å². The normalized spacial score (nSPS) is 15.4. The summed E-state index contributed by atoms with van der Waals surface area (Å²) in [7, 11) is 0. The highest BCUT2D eigenvalue weighted by Crippen LogP contribution is 2.23. The molecule has 0 aromatic carbocycles. The number of nitrogens with zero attached hydrogens (tertiary/aromatic N) is 2. The molecule has 1 fully saturated rings. The monoisotopic (exact) mass is 263 g/mol. The Hall–Kier alpha value is -0.830. The van der Waals surface area contributed by atoms with Gasteiger partial charge < -0.3 is 5.32 Å². The van der Waals surface area contributed by atoms with Crippen LogP contribution in [0, 0.1) is 13.8 Å². The molecule has 0 amide bonds. The van der Waals surface area contributed by atoms with Gasteiger partial charge in [-0.1, -0.05) is 13.8 Å². The standard InChI is InChI=1S/C16H29N3/c1-5-15(6-2)19-13(4)16(12(3)18-19)8-7-11-17-14-9-10-14/h14-15,17H,5-11H2,1-4H3. The highest BCUT2D eigenvalue weighted by Gasteiger charge is 2.20. The molecule has 3 heteroatoms. The molecular formula is C16H29N3. The molecular weight excluding hydrogens is 234 g/mol. The largest absolute Gasteiger partial charge is 0.314 e. The van der Waals surface area contributed by atoms with Gasteiger partial charge in [0.05, 0.1) is 11.7 Å². The van der Waals surface area contributed by atoms with Crippen LogP contribution in [0.25, 0.3) is 0 Å². The fourth-order valence-corrected chi connectivity index (χ4v) is 2.91. The zero-order valence-corrected chi connectivity index (χ0v) is 13.0. The second kappa shape index (κ2) is 6.56. The van der Waals surface area contributed by atoms with Gasteiger partial charge >= 0.3 is 0 Å². The third-order valence-electron chi connectivity index (χ3n) is 4.38. The maximum Gasteiger partial charge on any atom is 0.0628 e.